The Kier molecular flexibility index (Phi) is 4.54. The molecule has 0 atom stereocenters. The molecule has 3 heterocycles. The predicted molar refractivity (Wildman–Crippen MR) is 115 cm³/mol. The van der Waals surface area contributed by atoms with Crippen molar-refractivity contribution in [1.29, 1.82) is 0 Å². The monoisotopic (exact) mass is 392 g/mol. The van der Waals surface area contributed by atoms with Crippen LogP contribution in [0.2, 0.25) is 0 Å². The minimum absolute atomic E-state index is 0.131. The van der Waals surface area contributed by atoms with Crippen molar-refractivity contribution >= 4 is 11.0 Å². The summed E-state index contributed by atoms with van der Waals surface area (Å²) in [5, 5.41) is 0.465. The third kappa shape index (κ3) is 3.33. The van der Waals surface area contributed by atoms with Crippen molar-refractivity contribution in [2.75, 3.05) is 0 Å². The SMILES string of the molecule is O=c1cc(-c2ccncc2)oc2c(-c3ccccc3Oc3ccccc3)nccc12. The van der Waals surface area contributed by atoms with Crippen LogP contribution in [0, 0.1) is 0 Å². The van der Waals surface area contributed by atoms with Crippen LogP contribution in [-0.2, 0) is 0 Å². The van der Waals surface area contributed by atoms with Crippen LogP contribution >= 0.6 is 0 Å². The molecule has 0 aliphatic rings. The van der Waals surface area contributed by atoms with E-state index in [1.807, 2.05) is 54.6 Å². The van der Waals surface area contributed by atoms with E-state index in [-0.39, 0.29) is 5.43 Å². The van der Waals surface area contributed by atoms with E-state index in [9.17, 15) is 4.79 Å². The molecule has 5 heteroatoms. The number of aromatic nitrogens is 2. The molecule has 0 fully saturated rings. The Morgan fingerprint density at radius 3 is 2.40 bits per heavy atom. The predicted octanol–water partition coefficient (Wildman–Crippen LogP) is 5.71. The summed E-state index contributed by atoms with van der Waals surface area (Å²) >= 11 is 0. The fraction of sp³-hybridized carbons (Fsp3) is 0. The highest BCUT2D eigenvalue weighted by molar-refractivity contribution is 5.92. The molecule has 0 saturated carbocycles. The zero-order valence-corrected chi connectivity index (χ0v) is 15.9. The fourth-order valence-corrected chi connectivity index (χ4v) is 3.30. The van der Waals surface area contributed by atoms with Crippen molar-refractivity contribution < 1.29 is 9.15 Å². The molecule has 5 aromatic rings. The molecule has 0 aliphatic heterocycles. The smallest absolute Gasteiger partial charge is 0.193 e. The topological polar surface area (TPSA) is 65.2 Å². The molecule has 0 amide bonds. The van der Waals surface area contributed by atoms with E-state index < -0.39 is 0 Å². The number of para-hydroxylation sites is 2. The van der Waals surface area contributed by atoms with Gasteiger partial charge in [-0.1, -0.05) is 30.3 Å². The number of ether oxygens (including phenoxy) is 1. The van der Waals surface area contributed by atoms with Gasteiger partial charge in [-0.15, -0.1) is 0 Å². The lowest BCUT2D eigenvalue weighted by Crippen LogP contribution is -2.02. The molecule has 144 valence electrons. The molecule has 0 radical (unpaired) electrons. The van der Waals surface area contributed by atoms with Crippen molar-refractivity contribution in [2.45, 2.75) is 0 Å². The van der Waals surface area contributed by atoms with Crippen LogP contribution in [-0.4, -0.2) is 9.97 Å². The Hall–Kier alpha value is -4.25. The van der Waals surface area contributed by atoms with Crippen molar-refractivity contribution in [3.8, 4) is 34.1 Å². The number of pyridine rings is 2. The van der Waals surface area contributed by atoms with Gasteiger partial charge in [0.05, 0.1) is 5.39 Å². The highest BCUT2D eigenvalue weighted by Crippen LogP contribution is 2.36. The summed E-state index contributed by atoms with van der Waals surface area (Å²) in [6, 6.07) is 23.8. The van der Waals surface area contributed by atoms with Gasteiger partial charge in [0.25, 0.3) is 0 Å². The van der Waals surface area contributed by atoms with E-state index in [1.54, 1.807) is 36.8 Å². The third-order valence-electron chi connectivity index (χ3n) is 4.72. The number of hydrogen-bond acceptors (Lipinski definition) is 5. The van der Waals surface area contributed by atoms with E-state index in [2.05, 4.69) is 9.97 Å². The van der Waals surface area contributed by atoms with Crippen LogP contribution in [0.1, 0.15) is 0 Å². The van der Waals surface area contributed by atoms with Gasteiger partial charge in [0.15, 0.2) is 11.0 Å². The summed E-state index contributed by atoms with van der Waals surface area (Å²) < 4.78 is 12.3. The Labute approximate surface area is 172 Å². The molecule has 0 aliphatic carbocycles. The lowest BCUT2D eigenvalue weighted by Gasteiger charge is -2.12. The van der Waals surface area contributed by atoms with Crippen molar-refractivity contribution in [3.05, 3.63) is 108 Å². The number of rotatable bonds is 4. The third-order valence-corrected chi connectivity index (χ3v) is 4.72. The molecular weight excluding hydrogens is 376 g/mol. The standard InChI is InChI=1S/C25H16N2O3/c28-21-16-23(17-10-13-26-14-11-17)30-25-19(21)12-15-27-24(25)20-8-4-5-9-22(20)29-18-6-2-1-3-7-18/h1-16H. The normalized spacial score (nSPS) is 10.8. The van der Waals surface area contributed by atoms with Crippen molar-refractivity contribution in [2.24, 2.45) is 0 Å². The van der Waals surface area contributed by atoms with Gasteiger partial charge in [-0.05, 0) is 42.5 Å². The highest BCUT2D eigenvalue weighted by Gasteiger charge is 2.16. The minimum atomic E-state index is -0.131. The van der Waals surface area contributed by atoms with Crippen LogP contribution in [0.5, 0.6) is 11.5 Å². The molecule has 3 aromatic heterocycles. The maximum absolute atomic E-state index is 12.8. The second kappa shape index (κ2) is 7.64. The van der Waals surface area contributed by atoms with Gasteiger partial charge in [-0.3, -0.25) is 14.8 Å². The molecular formula is C25H16N2O3. The van der Waals surface area contributed by atoms with E-state index in [0.29, 0.717) is 33.9 Å². The van der Waals surface area contributed by atoms with Crippen LogP contribution in [0.4, 0.5) is 0 Å². The molecule has 5 nitrogen and oxygen atoms in total. The Morgan fingerprint density at radius 1 is 0.800 bits per heavy atom. The molecule has 0 spiro atoms. The molecule has 0 unspecified atom stereocenters. The molecule has 0 saturated heterocycles. The van der Waals surface area contributed by atoms with Gasteiger partial charge in [0, 0.05) is 35.8 Å². The first-order valence-electron chi connectivity index (χ1n) is 9.45. The van der Waals surface area contributed by atoms with Crippen LogP contribution in [0.25, 0.3) is 33.6 Å². The quantitative estimate of drug-likeness (QED) is 0.392. The summed E-state index contributed by atoms with van der Waals surface area (Å²) in [4.78, 5) is 21.4. The highest BCUT2D eigenvalue weighted by atomic mass is 16.5. The van der Waals surface area contributed by atoms with Gasteiger partial charge < -0.3 is 9.15 Å². The minimum Gasteiger partial charge on any atom is -0.457 e. The van der Waals surface area contributed by atoms with E-state index >= 15 is 0 Å². The van der Waals surface area contributed by atoms with E-state index in [4.69, 9.17) is 9.15 Å². The largest absolute Gasteiger partial charge is 0.457 e. The van der Waals surface area contributed by atoms with Gasteiger partial charge >= 0.3 is 0 Å². The Balaban J connectivity index is 1.71. The summed E-state index contributed by atoms with van der Waals surface area (Å²) in [7, 11) is 0. The van der Waals surface area contributed by atoms with E-state index in [1.165, 1.54) is 6.07 Å². The number of benzene rings is 2. The Morgan fingerprint density at radius 2 is 1.57 bits per heavy atom. The number of hydrogen-bond donors (Lipinski definition) is 0. The average molecular weight is 392 g/mol. The summed E-state index contributed by atoms with van der Waals surface area (Å²) in [6.45, 7) is 0. The number of nitrogens with zero attached hydrogens (tertiary/aromatic N) is 2. The average Bonchev–Trinajstić information content (AvgIpc) is 2.80. The van der Waals surface area contributed by atoms with Crippen LogP contribution < -0.4 is 10.2 Å². The molecule has 2 aromatic carbocycles. The lowest BCUT2D eigenvalue weighted by atomic mass is 10.1. The van der Waals surface area contributed by atoms with Gasteiger partial charge in [-0.2, -0.15) is 0 Å². The molecule has 0 N–H and O–H groups in total. The fourth-order valence-electron chi connectivity index (χ4n) is 3.30. The van der Waals surface area contributed by atoms with Gasteiger partial charge in [0.2, 0.25) is 0 Å². The zero-order chi connectivity index (χ0) is 20.3. The molecule has 5 rings (SSSR count). The van der Waals surface area contributed by atoms with Crippen LogP contribution in [0.15, 0.2) is 107 Å². The van der Waals surface area contributed by atoms with Gasteiger partial charge in [-0.25, -0.2) is 0 Å². The first kappa shape index (κ1) is 17.8. The maximum Gasteiger partial charge on any atom is 0.193 e. The van der Waals surface area contributed by atoms with Crippen molar-refractivity contribution in [1.82, 2.24) is 9.97 Å². The first-order chi connectivity index (χ1) is 14.8. The lowest BCUT2D eigenvalue weighted by molar-refractivity contribution is 0.484. The summed E-state index contributed by atoms with van der Waals surface area (Å²) in [5.41, 5.74) is 2.34. The van der Waals surface area contributed by atoms with Gasteiger partial charge in [0.1, 0.15) is 23.0 Å². The summed E-state index contributed by atoms with van der Waals surface area (Å²) in [5.74, 6) is 1.80. The van der Waals surface area contributed by atoms with Crippen LogP contribution in [0.3, 0.4) is 0 Å². The molecule has 30 heavy (non-hydrogen) atoms. The second-order valence-electron chi connectivity index (χ2n) is 6.66. The zero-order valence-electron chi connectivity index (χ0n) is 15.9. The molecule has 0 bridgehead atoms. The Bertz CT molecular complexity index is 1380. The maximum atomic E-state index is 12.8. The second-order valence-corrected chi connectivity index (χ2v) is 6.66. The number of fused-ring (bicyclic) bond motifs is 1. The first-order valence-corrected chi connectivity index (χ1v) is 9.45. The van der Waals surface area contributed by atoms with E-state index in [0.717, 1.165) is 11.1 Å². The summed E-state index contributed by atoms with van der Waals surface area (Å²) in [6.07, 6.45) is 4.93. The van der Waals surface area contributed by atoms with Crippen molar-refractivity contribution in [3.63, 3.8) is 0 Å².